The minimum Gasteiger partial charge on any atom is -0.343 e. The van der Waals surface area contributed by atoms with Crippen molar-refractivity contribution in [3.8, 4) is 0 Å². The van der Waals surface area contributed by atoms with Gasteiger partial charge in [-0.3, -0.25) is 14.6 Å². The van der Waals surface area contributed by atoms with E-state index < -0.39 is 11.5 Å². The second-order valence-electron chi connectivity index (χ2n) is 7.23. The molecule has 1 aromatic carbocycles. The largest absolute Gasteiger partial charge is 0.343 e. The van der Waals surface area contributed by atoms with Crippen LogP contribution in [-0.2, 0) is 9.53 Å². The summed E-state index contributed by atoms with van der Waals surface area (Å²) in [6.45, 7) is 0.953. The van der Waals surface area contributed by atoms with Crippen molar-refractivity contribution in [2.75, 3.05) is 13.1 Å². The average Bonchev–Trinajstić information content (AvgIpc) is 3.30. The van der Waals surface area contributed by atoms with Gasteiger partial charge in [-0.15, -0.1) is 0 Å². The molecule has 3 fully saturated rings. The molecule has 0 radical (unpaired) electrons. The monoisotopic (exact) mass is 367 g/mol. The summed E-state index contributed by atoms with van der Waals surface area (Å²) >= 11 is 0. The molecule has 0 unspecified atom stereocenters. The second-order valence-corrected chi connectivity index (χ2v) is 7.23. The van der Waals surface area contributed by atoms with Crippen LogP contribution >= 0.6 is 0 Å². The maximum Gasteiger partial charge on any atom is 0.255 e. The summed E-state index contributed by atoms with van der Waals surface area (Å²) in [7, 11) is 0. The lowest BCUT2D eigenvalue weighted by Gasteiger charge is -2.32. The van der Waals surface area contributed by atoms with E-state index in [4.69, 9.17) is 4.74 Å². The third kappa shape index (κ3) is 2.38. The van der Waals surface area contributed by atoms with Gasteiger partial charge in [-0.2, -0.15) is 0 Å². The molecule has 1 aromatic heterocycles. The average molecular weight is 367 g/mol. The Morgan fingerprint density at radius 2 is 2.07 bits per heavy atom. The molecule has 3 aliphatic heterocycles. The van der Waals surface area contributed by atoms with Crippen molar-refractivity contribution >= 4 is 11.8 Å². The van der Waals surface area contributed by atoms with Crippen molar-refractivity contribution in [3.63, 3.8) is 0 Å². The summed E-state index contributed by atoms with van der Waals surface area (Å²) in [4.78, 5) is 32.7. The van der Waals surface area contributed by atoms with Gasteiger partial charge in [0.1, 0.15) is 11.9 Å². The number of amides is 2. The van der Waals surface area contributed by atoms with E-state index in [0.717, 1.165) is 11.8 Å². The number of benzene rings is 1. The Kier molecular flexibility index (Phi) is 3.55. The van der Waals surface area contributed by atoms with Gasteiger partial charge in [0.2, 0.25) is 5.91 Å². The molecule has 6 nitrogen and oxygen atoms in total. The normalized spacial score (nSPS) is 29.1. The molecule has 3 atom stereocenters. The number of hydrogen-bond acceptors (Lipinski definition) is 4. The van der Waals surface area contributed by atoms with Crippen LogP contribution in [0.3, 0.4) is 0 Å². The minimum atomic E-state index is -0.784. The topological polar surface area (TPSA) is 62.7 Å². The van der Waals surface area contributed by atoms with E-state index in [1.807, 2.05) is 30.3 Å². The van der Waals surface area contributed by atoms with E-state index in [-0.39, 0.29) is 35.9 Å². The Hall–Kier alpha value is -2.80. The molecule has 0 N–H and O–H groups in total. The molecule has 0 bridgehead atoms. The zero-order chi connectivity index (χ0) is 18.6. The van der Waals surface area contributed by atoms with Crippen LogP contribution in [0.4, 0.5) is 4.39 Å². The summed E-state index contributed by atoms with van der Waals surface area (Å²) in [5.41, 5.74) is 0.427. The third-order valence-electron chi connectivity index (χ3n) is 5.81. The number of carbonyl (C=O) groups is 2. The number of pyridine rings is 1. The van der Waals surface area contributed by atoms with Gasteiger partial charge in [-0.25, -0.2) is 4.39 Å². The molecule has 0 saturated carbocycles. The quantitative estimate of drug-likeness (QED) is 0.816. The van der Waals surface area contributed by atoms with Crippen LogP contribution in [0.2, 0.25) is 0 Å². The van der Waals surface area contributed by atoms with E-state index in [1.54, 1.807) is 9.80 Å². The van der Waals surface area contributed by atoms with Gasteiger partial charge in [-0.1, -0.05) is 30.3 Å². The number of hydrogen-bond donors (Lipinski definition) is 0. The lowest BCUT2D eigenvalue weighted by molar-refractivity contribution is -0.138. The van der Waals surface area contributed by atoms with E-state index in [2.05, 4.69) is 4.98 Å². The van der Waals surface area contributed by atoms with Crippen LogP contribution < -0.4 is 0 Å². The van der Waals surface area contributed by atoms with Crippen molar-refractivity contribution < 1.29 is 18.7 Å². The van der Waals surface area contributed by atoms with Crippen LogP contribution in [0.5, 0.6) is 0 Å². The zero-order valence-electron chi connectivity index (χ0n) is 14.5. The van der Waals surface area contributed by atoms with Crippen LogP contribution in [0.25, 0.3) is 0 Å². The maximum absolute atomic E-state index is 13.5. The predicted molar refractivity (Wildman–Crippen MR) is 93.0 cm³/mol. The Bertz CT molecular complexity index is 922. The molecule has 27 heavy (non-hydrogen) atoms. The summed E-state index contributed by atoms with van der Waals surface area (Å²) in [5.74, 6) is -0.876. The van der Waals surface area contributed by atoms with Crippen molar-refractivity contribution in [1.82, 2.24) is 14.8 Å². The number of carbonyl (C=O) groups excluding carboxylic acids is 2. The van der Waals surface area contributed by atoms with Crippen molar-refractivity contribution in [2.24, 2.45) is 0 Å². The lowest BCUT2D eigenvalue weighted by atomic mass is 10.1. The number of halogens is 1. The van der Waals surface area contributed by atoms with Crippen molar-refractivity contribution in [3.05, 3.63) is 65.7 Å². The molecule has 2 amide bonds. The maximum atomic E-state index is 13.5. The first-order chi connectivity index (χ1) is 13.1. The summed E-state index contributed by atoms with van der Waals surface area (Å²) in [6, 6.07) is 10.6. The van der Waals surface area contributed by atoms with E-state index in [9.17, 15) is 14.0 Å². The van der Waals surface area contributed by atoms with E-state index in [0.29, 0.717) is 19.5 Å². The number of ether oxygens (including phenoxy) is 1. The third-order valence-corrected chi connectivity index (χ3v) is 5.81. The second kappa shape index (κ2) is 5.85. The van der Waals surface area contributed by atoms with Gasteiger partial charge in [0.15, 0.2) is 5.72 Å². The Morgan fingerprint density at radius 3 is 2.85 bits per heavy atom. The summed E-state index contributed by atoms with van der Waals surface area (Å²) < 4.78 is 19.9. The van der Waals surface area contributed by atoms with Crippen LogP contribution in [-0.4, -0.2) is 51.5 Å². The molecule has 0 aliphatic carbocycles. The zero-order valence-corrected chi connectivity index (χ0v) is 14.5. The lowest BCUT2D eigenvalue weighted by Crippen LogP contribution is -2.48. The molecular formula is C20H18FN3O3. The molecular weight excluding hydrogens is 349 g/mol. The highest BCUT2D eigenvalue weighted by atomic mass is 19.1. The Balaban J connectivity index is 1.45. The molecule has 3 aliphatic rings. The number of likely N-dealkylation sites (tertiary alicyclic amines) is 1. The fourth-order valence-corrected chi connectivity index (χ4v) is 4.60. The molecule has 5 rings (SSSR count). The van der Waals surface area contributed by atoms with Gasteiger partial charge < -0.3 is 14.5 Å². The molecule has 3 saturated heterocycles. The van der Waals surface area contributed by atoms with Gasteiger partial charge >= 0.3 is 0 Å². The Morgan fingerprint density at radius 1 is 1.26 bits per heavy atom. The van der Waals surface area contributed by atoms with Gasteiger partial charge in [0.25, 0.3) is 5.91 Å². The molecule has 1 spiro atoms. The number of aromatic nitrogens is 1. The van der Waals surface area contributed by atoms with E-state index in [1.165, 1.54) is 12.3 Å². The van der Waals surface area contributed by atoms with Gasteiger partial charge in [0, 0.05) is 19.2 Å². The number of rotatable bonds is 2. The van der Waals surface area contributed by atoms with Crippen LogP contribution in [0, 0.1) is 5.82 Å². The first kappa shape index (κ1) is 16.4. The fourth-order valence-electron chi connectivity index (χ4n) is 4.60. The molecule has 2 aromatic rings. The summed E-state index contributed by atoms with van der Waals surface area (Å²) in [6.07, 6.45) is 3.00. The summed E-state index contributed by atoms with van der Waals surface area (Å²) in [5, 5.41) is 0. The first-order valence-corrected chi connectivity index (χ1v) is 9.03. The molecule has 4 heterocycles. The SMILES string of the molecule is O=C(c1cncc(F)c1)N1CC[C@@]23O[C@@H](c4ccccc4)CN2C(=O)C[C@@H]13. The van der Waals surface area contributed by atoms with Crippen molar-refractivity contribution in [1.29, 1.82) is 0 Å². The molecule has 7 heteroatoms. The molecule has 138 valence electrons. The Labute approximate surface area is 155 Å². The highest BCUT2D eigenvalue weighted by molar-refractivity contribution is 5.95. The van der Waals surface area contributed by atoms with Crippen molar-refractivity contribution in [2.45, 2.75) is 30.7 Å². The minimum absolute atomic E-state index is 0.00621. The highest BCUT2D eigenvalue weighted by Gasteiger charge is 2.65. The van der Waals surface area contributed by atoms with Crippen LogP contribution in [0.15, 0.2) is 48.8 Å². The van der Waals surface area contributed by atoms with E-state index >= 15 is 0 Å². The van der Waals surface area contributed by atoms with Crippen LogP contribution in [0.1, 0.15) is 34.9 Å². The standard InChI is InChI=1S/C20H18FN3O3/c21-15-8-14(10-22-11-15)19(26)23-7-6-20-17(23)9-18(25)24(20)12-16(27-20)13-4-2-1-3-5-13/h1-5,8,10-11,16-17H,6-7,9,12H2/t16-,17-,20+/m1/s1. The van der Waals surface area contributed by atoms with Gasteiger partial charge in [-0.05, 0) is 11.6 Å². The fraction of sp³-hybridized carbons (Fsp3) is 0.350. The highest BCUT2D eigenvalue weighted by Crippen LogP contribution is 2.50. The predicted octanol–water partition coefficient (Wildman–Crippen LogP) is 2.14. The van der Waals surface area contributed by atoms with Gasteiger partial charge in [0.05, 0.1) is 30.8 Å². The number of nitrogens with zero attached hydrogens (tertiary/aromatic N) is 3. The smallest absolute Gasteiger partial charge is 0.255 e. The first-order valence-electron chi connectivity index (χ1n) is 9.03.